The monoisotopic (exact) mass is 552 g/mol. The molecule has 2 saturated heterocycles. The van der Waals surface area contributed by atoms with Crippen molar-refractivity contribution < 1.29 is 13.2 Å². The molecule has 3 aromatic rings. The summed E-state index contributed by atoms with van der Waals surface area (Å²) in [5, 5.41) is 0. The molecule has 2 fully saturated rings. The van der Waals surface area contributed by atoms with Crippen LogP contribution in [-0.2, 0) is 21.2 Å². The fraction of sp³-hybridized carbons (Fsp3) is 0.480. The Bertz CT molecular complexity index is 1440. The predicted molar refractivity (Wildman–Crippen MR) is 146 cm³/mol. The van der Waals surface area contributed by atoms with Gasteiger partial charge in [-0.2, -0.15) is 9.29 Å². The average molecular weight is 553 g/mol. The molecule has 0 atom stereocenters. The van der Waals surface area contributed by atoms with Crippen molar-refractivity contribution in [1.29, 1.82) is 0 Å². The summed E-state index contributed by atoms with van der Waals surface area (Å²) in [5.41, 5.74) is 8.85. The lowest BCUT2D eigenvalue weighted by atomic mass is 10.1. The number of ether oxygens (including phenoxy) is 1. The van der Waals surface area contributed by atoms with E-state index in [1.807, 2.05) is 4.90 Å². The number of nitrogens with zero attached hydrogens (tertiary/aromatic N) is 9. The Labute approximate surface area is 227 Å². The minimum Gasteiger partial charge on any atom is -0.378 e. The van der Waals surface area contributed by atoms with Gasteiger partial charge in [-0.05, 0) is 19.0 Å². The van der Waals surface area contributed by atoms with Crippen LogP contribution in [0.2, 0.25) is 0 Å². The SMILES string of the molecule is CCN1CCN(S(=O)(=O)c2cncc(N3CCc4c(-c5cnc(N)nc5)nc(N5CCOCC5)nc43)c2)CC1. The molecule has 6 rings (SSSR count). The van der Waals surface area contributed by atoms with Gasteiger partial charge in [-0.25, -0.2) is 23.4 Å². The molecule has 0 saturated carbocycles. The Morgan fingerprint density at radius 3 is 2.41 bits per heavy atom. The fourth-order valence-corrected chi connectivity index (χ4v) is 6.64. The van der Waals surface area contributed by atoms with E-state index in [-0.39, 0.29) is 10.8 Å². The molecule has 0 aromatic carbocycles. The highest BCUT2D eigenvalue weighted by molar-refractivity contribution is 7.89. The molecule has 3 aliphatic heterocycles. The molecule has 206 valence electrons. The van der Waals surface area contributed by atoms with Gasteiger partial charge in [0.25, 0.3) is 0 Å². The Balaban J connectivity index is 1.37. The zero-order chi connectivity index (χ0) is 27.0. The van der Waals surface area contributed by atoms with Crippen LogP contribution in [0.3, 0.4) is 0 Å². The molecule has 14 heteroatoms. The molecule has 0 bridgehead atoms. The van der Waals surface area contributed by atoms with Crippen LogP contribution in [0.25, 0.3) is 11.3 Å². The van der Waals surface area contributed by atoms with Crippen molar-refractivity contribution in [3.05, 3.63) is 36.4 Å². The van der Waals surface area contributed by atoms with Gasteiger partial charge in [-0.15, -0.1) is 0 Å². The summed E-state index contributed by atoms with van der Waals surface area (Å²) >= 11 is 0. The van der Waals surface area contributed by atoms with E-state index in [0.29, 0.717) is 64.0 Å². The van der Waals surface area contributed by atoms with Crippen molar-refractivity contribution in [3.8, 4) is 11.3 Å². The Morgan fingerprint density at radius 2 is 1.69 bits per heavy atom. The van der Waals surface area contributed by atoms with Gasteiger partial charge in [0.05, 0.1) is 30.8 Å². The van der Waals surface area contributed by atoms with E-state index >= 15 is 0 Å². The molecule has 3 aromatic heterocycles. The second-order valence-electron chi connectivity index (χ2n) is 9.72. The number of piperazine rings is 1. The van der Waals surface area contributed by atoms with E-state index in [0.717, 1.165) is 42.3 Å². The van der Waals surface area contributed by atoms with Crippen LogP contribution in [-0.4, -0.2) is 108 Å². The molecule has 6 heterocycles. The maximum atomic E-state index is 13.5. The van der Waals surface area contributed by atoms with Crippen molar-refractivity contribution in [1.82, 2.24) is 34.1 Å². The fourth-order valence-electron chi connectivity index (χ4n) is 5.23. The molecular weight excluding hydrogens is 520 g/mol. The van der Waals surface area contributed by atoms with E-state index in [2.05, 4.69) is 31.7 Å². The third kappa shape index (κ3) is 5.00. The summed E-state index contributed by atoms with van der Waals surface area (Å²) in [6.45, 7) is 8.55. The summed E-state index contributed by atoms with van der Waals surface area (Å²) < 4.78 is 34.1. The Morgan fingerprint density at radius 1 is 0.949 bits per heavy atom. The van der Waals surface area contributed by atoms with Gasteiger partial charge >= 0.3 is 0 Å². The zero-order valence-electron chi connectivity index (χ0n) is 21.9. The number of aromatic nitrogens is 5. The number of pyridine rings is 1. The first-order chi connectivity index (χ1) is 18.9. The van der Waals surface area contributed by atoms with E-state index < -0.39 is 10.0 Å². The van der Waals surface area contributed by atoms with Crippen molar-refractivity contribution in [2.45, 2.75) is 18.2 Å². The topological polar surface area (TPSA) is 147 Å². The molecule has 0 unspecified atom stereocenters. The molecule has 0 radical (unpaired) electrons. The average Bonchev–Trinajstić information content (AvgIpc) is 3.42. The van der Waals surface area contributed by atoms with Crippen LogP contribution in [0.5, 0.6) is 0 Å². The van der Waals surface area contributed by atoms with E-state index in [1.54, 1.807) is 29.0 Å². The van der Waals surface area contributed by atoms with E-state index in [4.69, 9.17) is 20.4 Å². The number of fused-ring (bicyclic) bond motifs is 1. The second-order valence-corrected chi connectivity index (χ2v) is 11.7. The van der Waals surface area contributed by atoms with Crippen molar-refractivity contribution in [2.75, 3.05) is 81.1 Å². The highest BCUT2D eigenvalue weighted by atomic mass is 32.2. The van der Waals surface area contributed by atoms with E-state index in [1.165, 1.54) is 6.20 Å². The van der Waals surface area contributed by atoms with Gasteiger partial charge in [0.1, 0.15) is 10.7 Å². The number of likely N-dealkylation sites (N-methyl/N-ethyl adjacent to an activating group) is 1. The summed E-state index contributed by atoms with van der Waals surface area (Å²) in [6.07, 6.45) is 7.13. The minimum absolute atomic E-state index is 0.188. The number of sulfonamides is 1. The first kappa shape index (κ1) is 25.8. The summed E-state index contributed by atoms with van der Waals surface area (Å²) in [4.78, 5) is 29.1. The van der Waals surface area contributed by atoms with Gasteiger partial charge in [0.2, 0.25) is 21.9 Å². The van der Waals surface area contributed by atoms with Gasteiger partial charge in [0, 0.05) is 75.5 Å². The number of rotatable bonds is 6. The maximum absolute atomic E-state index is 13.5. The Kier molecular flexibility index (Phi) is 7.01. The van der Waals surface area contributed by atoms with Crippen molar-refractivity contribution in [2.24, 2.45) is 0 Å². The molecule has 0 aliphatic carbocycles. The van der Waals surface area contributed by atoms with Crippen LogP contribution in [0.4, 0.5) is 23.4 Å². The van der Waals surface area contributed by atoms with E-state index in [9.17, 15) is 8.42 Å². The summed E-state index contributed by atoms with van der Waals surface area (Å²) in [7, 11) is -3.67. The largest absolute Gasteiger partial charge is 0.378 e. The van der Waals surface area contributed by atoms with Gasteiger partial charge < -0.3 is 25.2 Å². The molecular formula is C25H32N10O3S. The second kappa shape index (κ2) is 10.6. The van der Waals surface area contributed by atoms with Gasteiger partial charge in [-0.1, -0.05) is 6.92 Å². The summed E-state index contributed by atoms with van der Waals surface area (Å²) in [5.74, 6) is 1.51. The number of nitrogens with two attached hydrogens (primary N) is 1. The molecule has 3 aliphatic rings. The third-order valence-corrected chi connectivity index (χ3v) is 9.34. The molecule has 2 N–H and O–H groups in total. The molecule has 0 spiro atoms. The lowest BCUT2D eigenvalue weighted by molar-refractivity contribution is 0.122. The van der Waals surface area contributed by atoms with Crippen LogP contribution < -0.4 is 15.5 Å². The van der Waals surface area contributed by atoms with Gasteiger partial charge in [0.15, 0.2) is 0 Å². The van der Waals surface area contributed by atoms with Crippen LogP contribution in [0.15, 0.2) is 35.7 Å². The zero-order valence-corrected chi connectivity index (χ0v) is 22.7. The smallest absolute Gasteiger partial charge is 0.244 e. The van der Waals surface area contributed by atoms with Crippen molar-refractivity contribution >= 4 is 33.4 Å². The first-order valence-corrected chi connectivity index (χ1v) is 14.6. The summed E-state index contributed by atoms with van der Waals surface area (Å²) in [6, 6.07) is 1.70. The Hall–Kier alpha value is -3.46. The molecule has 0 amide bonds. The molecule has 39 heavy (non-hydrogen) atoms. The first-order valence-electron chi connectivity index (χ1n) is 13.2. The number of hydrogen-bond donors (Lipinski definition) is 1. The normalized spacial score (nSPS) is 18.9. The third-order valence-electron chi connectivity index (χ3n) is 7.48. The number of nitrogen functional groups attached to an aromatic ring is 1. The number of hydrogen-bond acceptors (Lipinski definition) is 12. The quantitative estimate of drug-likeness (QED) is 0.461. The van der Waals surface area contributed by atoms with Crippen LogP contribution in [0, 0.1) is 0 Å². The maximum Gasteiger partial charge on any atom is 0.244 e. The lowest BCUT2D eigenvalue weighted by Gasteiger charge is -2.33. The van der Waals surface area contributed by atoms with Crippen LogP contribution >= 0.6 is 0 Å². The number of morpholine rings is 1. The standard InChI is InChI=1S/C25H32N10O3S/c1-2-32-5-7-34(8-6-32)39(36,37)20-13-19(16-27-17-20)35-4-3-21-22(18-14-28-24(26)29-15-18)30-25(31-23(21)35)33-9-11-38-12-10-33/h13-17H,2-12H2,1H3,(H2,26,28,29). The van der Waals surface area contributed by atoms with Crippen molar-refractivity contribution in [3.63, 3.8) is 0 Å². The lowest BCUT2D eigenvalue weighted by Crippen LogP contribution is -2.48. The highest BCUT2D eigenvalue weighted by Crippen LogP contribution is 2.39. The predicted octanol–water partition coefficient (Wildman–Crippen LogP) is 0.768. The van der Waals surface area contributed by atoms with Gasteiger partial charge in [-0.3, -0.25) is 4.98 Å². The number of anilines is 4. The highest BCUT2D eigenvalue weighted by Gasteiger charge is 2.32. The molecule has 13 nitrogen and oxygen atoms in total. The van der Waals surface area contributed by atoms with Crippen LogP contribution in [0.1, 0.15) is 12.5 Å². The minimum atomic E-state index is -3.67.